The van der Waals surface area contributed by atoms with E-state index in [1.165, 1.54) is 0 Å². The second-order valence-corrected chi connectivity index (χ2v) is 6.68. The number of aryl methyl sites for hydroxylation is 2. The van der Waals surface area contributed by atoms with Crippen LogP contribution in [0.3, 0.4) is 0 Å². The van der Waals surface area contributed by atoms with Crippen LogP contribution in [0.15, 0.2) is 12.1 Å². The summed E-state index contributed by atoms with van der Waals surface area (Å²) >= 11 is 0. The van der Waals surface area contributed by atoms with Crippen LogP contribution in [0.25, 0.3) is 0 Å². The number of methoxy groups -OCH3 is 1. The topological polar surface area (TPSA) is 36.9 Å². The molecule has 0 N–H and O–H groups in total. The summed E-state index contributed by atoms with van der Waals surface area (Å²) in [5.41, 5.74) is 2.32. The molecule has 0 amide bonds. The molecule has 0 atom stereocenters. The van der Waals surface area contributed by atoms with Crippen molar-refractivity contribution in [3.8, 4) is 5.75 Å². The van der Waals surface area contributed by atoms with Gasteiger partial charge >= 0.3 is 8.80 Å². The Morgan fingerprint density at radius 2 is 1.29 bits per heavy atom. The molecule has 1 aromatic rings. The Morgan fingerprint density at radius 3 is 1.71 bits per heavy atom. The van der Waals surface area contributed by atoms with Crippen molar-refractivity contribution >= 4 is 14.0 Å². The van der Waals surface area contributed by atoms with E-state index in [9.17, 15) is 0 Å². The summed E-state index contributed by atoms with van der Waals surface area (Å²) in [6, 6.07) is 3.99. The van der Waals surface area contributed by atoms with E-state index in [1.54, 1.807) is 28.4 Å². The van der Waals surface area contributed by atoms with Gasteiger partial charge in [0.15, 0.2) is 0 Å². The number of ether oxygens (including phenoxy) is 1. The summed E-state index contributed by atoms with van der Waals surface area (Å²) in [4.78, 5) is 0. The van der Waals surface area contributed by atoms with Crippen LogP contribution in [-0.4, -0.2) is 37.2 Å². The Kier molecular flexibility index (Phi) is 4.70. The molecule has 0 unspecified atom stereocenters. The zero-order valence-electron chi connectivity index (χ0n) is 11.3. The molecule has 0 radical (unpaired) electrons. The molecular formula is C12H20O4Si. The molecule has 0 aliphatic carbocycles. The van der Waals surface area contributed by atoms with Gasteiger partial charge in [0, 0.05) is 21.3 Å². The quantitative estimate of drug-likeness (QED) is 0.746. The van der Waals surface area contributed by atoms with Crippen molar-refractivity contribution < 1.29 is 18.0 Å². The third-order valence-corrected chi connectivity index (χ3v) is 5.61. The van der Waals surface area contributed by atoms with Gasteiger partial charge in [0.2, 0.25) is 0 Å². The highest BCUT2D eigenvalue weighted by Crippen LogP contribution is 2.20. The first-order chi connectivity index (χ1) is 8.04. The lowest BCUT2D eigenvalue weighted by atomic mass is 10.1. The van der Waals surface area contributed by atoms with Gasteiger partial charge in [0.1, 0.15) is 5.75 Å². The van der Waals surface area contributed by atoms with Gasteiger partial charge < -0.3 is 18.0 Å². The molecule has 1 rings (SSSR count). The molecule has 0 saturated heterocycles. The van der Waals surface area contributed by atoms with Gasteiger partial charge in [-0.3, -0.25) is 0 Å². The zero-order valence-corrected chi connectivity index (χ0v) is 12.3. The molecular weight excluding hydrogens is 236 g/mol. The van der Waals surface area contributed by atoms with Crippen molar-refractivity contribution in [3.63, 3.8) is 0 Å². The first-order valence-corrected chi connectivity index (χ1v) is 7.08. The van der Waals surface area contributed by atoms with E-state index < -0.39 is 8.80 Å². The van der Waals surface area contributed by atoms with Crippen molar-refractivity contribution in [2.24, 2.45) is 0 Å². The highest BCUT2D eigenvalue weighted by molar-refractivity contribution is 6.76. The maximum absolute atomic E-state index is 5.47. The van der Waals surface area contributed by atoms with Gasteiger partial charge in [-0.1, -0.05) is 0 Å². The molecule has 96 valence electrons. The van der Waals surface area contributed by atoms with Gasteiger partial charge in [0.05, 0.1) is 12.3 Å². The third-order valence-electron chi connectivity index (χ3n) is 2.95. The van der Waals surface area contributed by atoms with E-state index in [2.05, 4.69) is 0 Å². The van der Waals surface area contributed by atoms with E-state index in [0.29, 0.717) is 0 Å². The summed E-state index contributed by atoms with van der Waals surface area (Å²) in [6.07, 6.45) is 0. The fourth-order valence-electron chi connectivity index (χ4n) is 1.78. The summed E-state index contributed by atoms with van der Waals surface area (Å²) < 4.78 is 21.8. The zero-order chi connectivity index (χ0) is 13.1. The molecule has 4 nitrogen and oxygen atoms in total. The van der Waals surface area contributed by atoms with Crippen molar-refractivity contribution in [2.75, 3.05) is 28.4 Å². The normalized spacial score (nSPS) is 11.6. The minimum absolute atomic E-state index is 0.741. The molecule has 5 heteroatoms. The van der Waals surface area contributed by atoms with E-state index >= 15 is 0 Å². The van der Waals surface area contributed by atoms with Gasteiger partial charge in [-0.25, -0.2) is 0 Å². The highest BCUT2D eigenvalue weighted by Gasteiger charge is 2.43. The van der Waals surface area contributed by atoms with Crippen molar-refractivity contribution in [2.45, 2.75) is 13.8 Å². The Balaban J connectivity index is 3.41. The average molecular weight is 256 g/mol. The molecule has 0 bridgehead atoms. The predicted molar refractivity (Wildman–Crippen MR) is 68.9 cm³/mol. The molecule has 0 aliphatic rings. The Labute approximate surface area is 104 Å². The average Bonchev–Trinajstić information content (AvgIpc) is 2.36. The molecule has 0 fully saturated rings. The fraction of sp³-hybridized carbons (Fsp3) is 0.500. The van der Waals surface area contributed by atoms with Crippen LogP contribution in [0.4, 0.5) is 0 Å². The molecule has 0 spiro atoms. The molecule has 0 saturated carbocycles. The van der Waals surface area contributed by atoms with Gasteiger partial charge in [-0.2, -0.15) is 0 Å². The Bertz CT molecular complexity index is 380. The lowest BCUT2D eigenvalue weighted by Crippen LogP contribution is -2.55. The first-order valence-electron chi connectivity index (χ1n) is 5.35. The number of rotatable bonds is 5. The van der Waals surface area contributed by atoms with Crippen LogP contribution in [0, 0.1) is 13.8 Å². The first kappa shape index (κ1) is 14.2. The van der Waals surface area contributed by atoms with E-state index in [4.69, 9.17) is 18.0 Å². The number of hydrogen-bond donors (Lipinski definition) is 0. The molecule has 0 aliphatic heterocycles. The smallest absolute Gasteiger partial charge is 0.497 e. The predicted octanol–water partition coefficient (Wildman–Crippen LogP) is 1.40. The Morgan fingerprint density at radius 1 is 0.824 bits per heavy atom. The minimum atomic E-state index is -2.84. The van der Waals surface area contributed by atoms with Crippen LogP contribution < -0.4 is 9.92 Å². The lowest BCUT2D eigenvalue weighted by molar-refractivity contribution is 0.139. The van der Waals surface area contributed by atoms with Crippen LogP contribution in [0.5, 0.6) is 5.75 Å². The van der Waals surface area contributed by atoms with Crippen molar-refractivity contribution in [1.29, 1.82) is 0 Å². The monoisotopic (exact) mass is 256 g/mol. The van der Waals surface area contributed by atoms with Crippen LogP contribution in [0.1, 0.15) is 11.1 Å². The van der Waals surface area contributed by atoms with E-state index in [-0.39, 0.29) is 0 Å². The summed E-state index contributed by atoms with van der Waals surface area (Å²) in [5, 5.41) is 0.857. The second-order valence-electron chi connectivity index (χ2n) is 3.81. The summed E-state index contributed by atoms with van der Waals surface area (Å²) in [5.74, 6) is 0.741. The third kappa shape index (κ3) is 2.52. The van der Waals surface area contributed by atoms with E-state index in [0.717, 1.165) is 22.1 Å². The summed E-state index contributed by atoms with van der Waals surface area (Å²) in [7, 11) is 3.57. The number of hydrogen-bond acceptors (Lipinski definition) is 4. The van der Waals surface area contributed by atoms with Gasteiger partial charge in [-0.05, 0) is 37.1 Å². The SMILES string of the molecule is COc1cc(C)c(C)cc1[Si](OC)(OC)OC. The van der Waals surface area contributed by atoms with Crippen molar-refractivity contribution in [3.05, 3.63) is 23.3 Å². The largest absolute Gasteiger partial charge is 0.540 e. The maximum Gasteiger partial charge on any atom is 0.540 e. The van der Waals surface area contributed by atoms with Gasteiger partial charge in [0.25, 0.3) is 0 Å². The molecule has 1 aromatic carbocycles. The van der Waals surface area contributed by atoms with Crippen LogP contribution in [-0.2, 0) is 13.3 Å². The number of benzene rings is 1. The summed E-state index contributed by atoms with van der Waals surface area (Å²) in [6.45, 7) is 4.08. The maximum atomic E-state index is 5.47. The highest BCUT2D eigenvalue weighted by atomic mass is 28.4. The van der Waals surface area contributed by atoms with Crippen LogP contribution in [0.2, 0.25) is 0 Å². The van der Waals surface area contributed by atoms with E-state index in [1.807, 2.05) is 26.0 Å². The van der Waals surface area contributed by atoms with Crippen LogP contribution >= 0.6 is 0 Å². The van der Waals surface area contributed by atoms with Crippen molar-refractivity contribution in [1.82, 2.24) is 0 Å². The molecule has 0 heterocycles. The fourth-order valence-corrected chi connectivity index (χ4v) is 3.81. The molecule has 17 heavy (non-hydrogen) atoms. The lowest BCUT2D eigenvalue weighted by Gasteiger charge is -2.26. The molecule has 0 aromatic heterocycles. The minimum Gasteiger partial charge on any atom is -0.497 e. The standard InChI is InChI=1S/C12H20O4Si/c1-9-7-11(13-3)12(8-10(9)2)17(14-4,15-5)16-6/h7-8H,1-6H3. The van der Waals surface area contributed by atoms with Gasteiger partial charge in [-0.15, -0.1) is 0 Å². The second kappa shape index (κ2) is 5.64. The Hall–Kier alpha value is -0.883.